The van der Waals surface area contributed by atoms with Crippen molar-refractivity contribution in [1.82, 2.24) is 24.7 Å². The number of carbonyl (C=O) groups excluding carboxylic acids is 1. The second-order valence-electron chi connectivity index (χ2n) is 8.72. The summed E-state index contributed by atoms with van der Waals surface area (Å²) in [6.45, 7) is 0.713. The molecule has 4 heterocycles. The van der Waals surface area contributed by atoms with Gasteiger partial charge in [-0.3, -0.25) is 9.78 Å². The number of para-hydroxylation sites is 1. The summed E-state index contributed by atoms with van der Waals surface area (Å²) in [6, 6.07) is 17.5. The highest BCUT2D eigenvalue weighted by atomic mass is 19.4. The number of amides is 1. The monoisotopic (exact) mass is 612 g/mol. The number of halogens is 6. The van der Waals surface area contributed by atoms with Crippen LogP contribution in [0.5, 0.6) is 0 Å². The number of benzene rings is 1. The van der Waals surface area contributed by atoms with Crippen molar-refractivity contribution >= 4 is 34.7 Å². The molecular weight excluding hydrogens is 590 g/mol. The van der Waals surface area contributed by atoms with Gasteiger partial charge in [0.1, 0.15) is 5.69 Å². The third-order valence-electron chi connectivity index (χ3n) is 5.73. The van der Waals surface area contributed by atoms with Crippen molar-refractivity contribution in [2.75, 3.05) is 11.9 Å². The van der Waals surface area contributed by atoms with Crippen LogP contribution in [0.4, 0.5) is 37.7 Å². The molecule has 17 heteroatoms. The number of carboxylic acids is 2. The van der Waals surface area contributed by atoms with Crippen molar-refractivity contribution < 1.29 is 50.9 Å². The minimum absolute atomic E-state index is 0.0101. The molecule has 1 unspecified atom stereocenters. The Morgan fingerprint density at radius 1 is 0.860 bits per heavy atom. The Morgan fingerprint density at radius 3 is 2.05 bits per heavy atom. The lowest BCUT2D eigenvalue weighted by atomic mass is 10.1. The normalized spacial score (nSPS) is 14.7. The minimum Gasteiger partial charge on any atom is -0.475 e. The second kappa shape index (κ2) is 13.6. The van der Waals surface area contributed by atoms with Gasteiger partial charge in [0.2, 0.25) is 0 Å². The minimum atomic E-state index is -5.08. The van der Waals surface area contributed by atoms with Crippen LogP contribution in [0, 0.1) is 0 Å². The molecule has 1 fully saturated rings. The number of hydrogen-bond donors (Lipinski definition) is 3. The number of fused-ring (bicyclic) bond motifs is 1. The maximum absolute atomic E-state index is 13.0. The maximum atomic E-state index is 13.0. The van der Waals surface area contributed by atoms with Crippen LogP contribution in [0.3, 0.4) is 0 Å². The summed E-state index contributed by atoms with van der Waals surface area (Å²) in [5.74, 6) is -5.52. The number of aromatic nitrogens is 4. The number of likely N-dealkylation sites (tertiary alicyclic amines) is 1. The standard InChI is InChI=1S/C22H20N6O.2C2HF3O2/c29-22(16-6-4-12-23-14-16)27-13-5-9-19(27)21-20-11-10-18(15-28(20)26-25-21)24-17-7-2-1-3-8-17;2*3-2(4,5)1(6)7/h1-4,6-8,10-12,14-15,19,24H,5,9,13H2;2*(H,6,7). The zero-order chi connectivity index (χ0) is 31.8. The van der Waals surface area contributed by atoms with E-state index in [2.05, 4.69) is 20.6 Å². The Morgan fingerprint density at radius 2 is 1.49 bits per heavy atom. The van der Waals surface area contributed by atoms with E-state index in [1.54, 1.807) is 29.0 Å². The Hall–Kier alpha value is -5.22. The Balaban J connectivity index is 0.000000303. The van der Waals surface area contributed by atoms with Crippen LogP contribution in [0.15, 0.2) is 73.2 Å². The highest BCUT2D eigenvalue weighted by Crippen LogP contribution is 2.34. The van der Waals surface area contributed by atoms with Gasteiger partial charge in [-0.2, -0.15) is 26.3 Å². The summed E-state index contributed by atoms with van der Waals surface area (Å²) in [7, 11) is 0. The van der Waals surface area contributed by atoms with Crippen LogP contribution >= 0.6 is 0 Å². The molecule has 1 atom stereocenters. The largest absolute Gasteiger partial charge is 0.490 e. The summed E-state index contributed by atoms with van der Waals surface area (Å²) >= 11 is 0. The van der Waals surface area contributed by atoms with Gasteiger partial charge >= 0.3 is 24.3 Å². The molecule has 5 rings (SSSR count). The Labute approximate surface area is 238 Å². The van der Waals surface area contributed by atoms with Gasteiger partial charge in [-0.05, 0) is 49.2 Å². The summed E-state index contributed by atoms with van der Waals surface area (Å²) in [5.41, 5.74) is 4.29. The molecule has 0 spiro atoms. The lowest BCUT2D eigenvalue weighted by molar-refractivity contribution is -0.193. The van der Waals surface area contributed by atoms with Gasteiger partial charge in [-0.1, -0.05) is 23.4 Å². The molecule has 3 N–H and O–H groups in total. The van der Waals surface area contributed by atoms with Crippen LogP contribution in [0.1, 0.15) is 34.9 Å². The molecule has 0 aliphatic carbocycles. The molecule has 1 aromatic carbocycles. The van der Waals surface area contributed by atoms with Gasteiger partial charge in [-0.15, -0.1) is 5.10 Å². The fourth-order valence-corrected chi connectivity index (χ4v) is 3.86. The molecule has 43 heavy (non-hydrogen) atoms. The van der Waals surface area contributed by atoms with Crippen LogP contribution in [0.25, 0.3) is 5.52 Å². The topological polar surface area (TPSA) is 150 Å². The quantitative estimate of drug-likeness (QED) is 0.267. The third kappa shape index (κ3) is 8.88. The first-order chi connectivity index (χ1) is 20.2. The molecule has 1 aliphatic rings. The highest BCUT2D eigenvalue weighted by molar-refractivity contribution is 5.94. The molecule has 228 valence electrons. The van der Waals surface area contributed by atoms with E-state index in [0.29, 0.717) is 12.1 Å². The zero-order valence-electron chi connectivity index (χ0n) is 21.7. The van der Waals surface area contributed by atoms with Crippen LogP contribution in [0.2, 0.25) is 0 Å². The van der Waals surface area contributed by atoms with Gasteiger partial charge in [0.05, 0.1) is 29.0 Å². The van der Waals surface area contributed by atoms with Crippen LogP contribution < -0.4 is 5.32 Å². The first kappa shape index (κ1) is 32.3. The average molecular weight is 612 g/mol. The maximum Gasteiger partial charge on any atom is 0.490 e. The molecule has 4 aromatic rings. The SMILES string of the molecule is O=C(O)C(F)(F)F.O=C(O)C(F)(F)F.O=C(c1cccnc1)N1CCCC1c1nnn2cc(Nc3ccccc3)ccc12. The van der Waals surface area contributed by atoms with Gasteiger partial charge in [0.25, 0.3) is 5.91 Å². The van der Waals surface area contributed by atoms with Crippen molar-refractivity contribution in [3.63, 3.8) is 0 Å². The average Bonchev–Trinajstić information content (AvgIpc) is 3.60. The van der Waals surface area contributed by atoms with Gasteiger partial charge in [0, 0.05) is 24.6 Å². The number of carbonyl (C=O) groups is 3. The van der Waals surface area contributed by atoms with E-state index in [1.165, 1.54) is 0 Å². The van der Waals surface area contributed by atoms with E-state index >= 15 is 0 Å². The third-order valence-corrected chi connectivity index (χ3v) is 5.73. The smallest absolute Gasteiger partial charge is 0.475 e. The summed E-state index contributed by atoms with van der Waals surface area (Å²) < 4.78 is 65.2. The Bertz CT molecular complexity index is 1520. The van der Waals surface area contributed by atoms with E-state index in [9.17, 15) is 31.1 Å². The zero-order valence-corrected chi connectivity index (χ0v) is 21.7. The van der Waals surface area contributed by atoms with E-state index in [4.69, 9.17) is 19.8 Å². The number of carboxylic acid groups (broad SMARTS) is 2. The van der Waals surface area contributed by atoms with Crippen molar-refractivity contribution in [1.29, 1.82) is 0 Å². The fourth-order valence-electron chi connectivity index (χ4n) is 3.86. The number of nitrogens with zero attached hydrogens (tertiary/aromatic N) is 5. The molecular formula is C26H22F6N6O5. The van der Waals surface area contributed by atoms with Gasteiger partial charge in [0.15, 0.2) is 0 Å². The molecule has 1 saturated heterocycles. The van der Waals surface area contributed by atoms with Crippen molar-refractivity contribution in [3.05, 3.63) is 84.4 Å². The molecule has 1 amide bonds. The molecule has 3 aromatic heterocycles. The number of nitrogens with one attached hydrogen (secondary N) is 1. The lowest BCUT2D eigenvalue weighted by Gasteiger charge is -2.23. The number of pyridine rings is 2. The van der Waals surface area contributed by atoms with E-state index in [0.717, 1.165) is 35.4 Å². The predicted octanol–water partition coefficient (Wildman–Crippen LogP) is 5.11. The van der Waals surface area contributed by atoms with Crippen molar-refractivity contribution in [2.45, 2.75) is 31.2 Å². The highest BCUT2D eigenvalue weighted by Gasteiger charge is 2.39. The number of hydrogen-bond acceptors (Lipinski definition) is 7. The van der Waals surface area contributed by atoms with Crippen molar-refractivity contribution in [3.8, 4) is 0 Å². The number of aliphatic carboxylic acids is 2. The molecule has 0 radical (unpaired) electrons. The molecule has 1 aliphatic heterocycles. The van der Waals surface area contributed by atoms with Gasteiger partial charge in [-0.25, -0.2) is 14.1 Å². The summed E-state index contributed by atoms with van der Waals surface area (Å²) in [5, 5.41) is 26.3. The first-order valence-corrected chi connectivity index (χ1v) is 12.2. The number of anilines is 2. The van der Waals surface area contributed by atoms with E-state index in [-0.39, 0.29) is 11.9 Å². The summed E-state index contributed by atoms with van der Waals surface area (Å²) in [4.78, 5) is 36.7. The summed E-state index contributed by atoms with van der Waals surface area (Å²) in [6.07, 6.45) is -3.14. The Kier molecular flexibility index (Phi) is 10.2. The first-order valence-electron chi connectivity index (χ1n) is 12.2. The molecule has 0 bridgehead atoms. The number of rotatable bonds is 4. The number of alkyl halides is 6. The lowest BCUT2D eigenvalue weighted by Crippen LogP contribution is -2.30. The second-order valence-corrected chi connectivity index (χ2v) is 8.72. The van der Waals surface area contributed by atoms with Gasteiger partial charge < -0.3 is 20.4 Å². The van der Waals surface area contributed by atoms with Crippen LogP contribution in [-0.2, 0) is 9.59 Å². The van der Waals surface area contributed by atoms with Crippen LogP contribution in [-0.4, -0.2) is 71.7 Å². The molecule has 11 nitrogen and oxygen atoms in total. The fraction of sp³-hybridized carbons (Fsp3) is 0.231. The van der Waals surface area contributed by atoms with E-state index in [1.807, 2.05) is 53.6 Å². The predicted molar refractivity (Wildman–Crippen MR) is 137 cm³/mol. The van der Waals surface area contributed by atoms with Crippen molar-refractivity contribution in [2.24, 2.45) is 0 Å². The molecule has 0 saturated carbocycles. The van der Waals surface area contributed by atoms with E-state index < -0.39 is 24.3 Å².